The SMILES string of the molecule is COc1cc(C(=O)NNC(=O)c2ccc(-n3ccnc3)c([N+](=O)[O-])c2)ccc1OCCC(C)C. The maximum atomic E-state index is 12.5. The third-order valence-corrected chi connectivity index (χ3v) is 4.89. The predicted molar refractivity (Wildman–Crippen MR) is 123 cm³/mol. The molecule has 0 aliphatic heterocycles. The first-order valence-electron chi connectivity index (χ1n) is 10.5. The average Bonchev–Trinajstić information content (AvgIpc) is 3.36. The summed E-state index contributed by atoms with van der Waals surface area (Å²) in [6.07, 6.45) is 5.33. The molecule has 1 aromatic heterocycles. The molecule has 0 unspecified atom stereocenters. The summed E-state index contributed by atoms with van der Waals surface area (Å²) in [6, 6.07) is 8.63. The van der Waals surface area contributed by atoms with Crippen LogP contribution in [0.2, 0.25) is 0 Å². The van der Waals surface area contributed by atoms with E-state index in [9.17, 15) is 19.7 Å². The summed E-state index contributed by atoms with van der Waals surface area (Å²) in [5.41, 5.74) is 4.77. The van der Waals surface area contributed by atoms with Gasteiger partial charge in [-0.05, 0) is 42.7 Å². The highest BCUT2D eigenvalue weighted by Crippen LogP contribution is 2.28. The van der Waals surface area contributed by atoms with E-state index >= 15 is 0 Å². The Balaban J connectivity index is 1.67. The van der Waals surface area contributed by atoms with E-state index in [0.717, 1.165) is 12.5 Å². The molecular weight excluding hydrogens is 442 g/mol. The number of hydrogen-bond donors (Lipinski definition) is 2. The van der Waals surface area contributed by atoms with Crippen LogP contribution in [0.1, 0.15) is 41.0 Å². The molecule has 0 atom stereocenters. The van der Waals surface area contributed by atoms with Gasteiger partial charge in [0, 0.05) is 29.6 Å². The monoisotopic (exact) mass is 467 g/mol. The first kappa shape index (κ1) is 24.2. The highest BCUT2D eigenvalue weighted by molar-refractivity contribution is 5.99. The molecule has 2 N–H and O–H groups in total. The van der Waals surface area contributed by atoms with Gasteiger partial charge in [0.1, 0.15) is 5.69 Å². The fraction of sp³-hybridized carbons (Fsp3) is 0.261. The predicted octanol–water partition coefficient (Wildman–Crippen LogP) is 3.29. The molecule has 11 nitrogen and oxygen atoms in total. The van der Waals surface area contributed by atoms with Crippen molar-refractivity contribution in [1.82, 2.24) is 20.4 Å². The summed E-state index contributed by atoms with van der Waals surface area (Å²) in [7, 11) is 1.47. The lowest BCUT2D eigenvalue weighted by Crippen LogP contribution is -2.41. The molecule has 0 saturated heterocycles. The molecule has 0 aliphatic rings. The van der Waals surface area contributed by atoms with Crippen molar-refractivity contribution in [2.45, 2.75) is 20.3 Å². The summed E-state index contributed by atoms with van der Waals surface area (Å²) < 4.78 is 12.5. The van der Waals surface area contributed by atoms with Crippen molar-refractivity contribution in [3.63, 3.8) is 0 Å². The zero-order valence-corrected chi connectivity index (χ0v) is 19.0. The van der Waals surface area contributed by atoms with Gasteiger partial charge in [0.05, 0.1) is 25.0 Å². The lowest BCUT2D eigenvalue weighted by atomic mass is 10.1. The second-order valence-corrected chi connectivity index (χ2v) is 7.74. The minimum absolute atomic E-state index is 0.00217. The minimum atomic E-state index is -0.714. The molecule has 34 heavy (non-hydrogen) atoms. The van der Waals surface area contributed by atoms with Crippen LogP contribution >= 0.6 is 0 Å². The number of hydrogen-bond acceptors (Lipinski definition) is 7. The number of carbonyl (C=O) groups excluding carboxylic acids is 2. The molecule has 0 aliphatic carbocycles. The molecular formula is C23H25N5O6. The molecule has 178 valence electrons. The summed E-state index contributed by atoms with van der Waals surface area (Å²) >= 11 is 0. The van der Waals surface area contributed by atoms with Gasteiger partial charge in [0.2, 0.25) is 0 Å². The van der Waals surface area contributed by atoms with Gasteiger partial charge in [-0.2, -0.15) is 0 Å². The number of imidazole rings is 1. The zero-order chi connectivity index (χ0) is 24.7. The normalized spacial score (nSPS) is 10.6. The molecule has 2 amide bonds. The Bertz CT molecular complexity index is 1180. The number of benzene rings is 2. The van der Waals surface area contributed by atoms with Crippen LogP contribution in [-0.2, 0) is 0 Å². The number of aromatic nitrogens is 2. The van der Waals surface area contributed by atoms with Crippen LogP contribution in [0.3, 0.4) is 0 Å². The van der Waals surface area contributed by atoms with Crippen molar-refractivity contribution in [2.75, 3.05) is 13.7 Å². The number of amides is 2. The van der Waals surface area contributed by atoms with Crippen molar-refractivity contribution in [1.29, 1.82) is 0 Å². The lowest BCUT2D eigenvalue weighted by molar-refractivity contribution is -0.384. The molecule has 3 aromatic rings. The molecule has 11 heteroatoms. The number of methoxy groups -OCH3 is 1. The smallest absolute Gasteiger partial charge is 0.294 e. The number of ether oxygens (including phenoxy) is 2. The van der Waals surface area contributed by atoms with Crippen LogP contribution in [0.5, 0.6) is 11.5 Å². The number of nitro benzene ring substituents is 1. The highest BCUT2D eigenvalue weighted by Gasteiger charge is 2.19. The van der Waals surface area contributed by atoms with E-state index in [-0.39, 0.29) is 22.5 Å². The van der Waals surface area contributed by atoms with E-state index in [0.29, 0.717) is 24.0 Å². The summed E-state index contributed by atoms with van der Waals surface area (Å²) in [6.45, 7) is 4.70. The quantitative estimate of drug-likeness (QED) is 0.364. The van der Waals surface area contributed by atoms with Gasteiger partial charge >= 0.3 is 0 Å². The van der Waals surface area contributed by atoms with Gasteiger partial charge in [0.15, 0.2) is 11.5 Å². The van der Waals surface area contributed by atoms with Crippen LogP contribution in [0.15, 0.2) is 55.1 Å². The third-order valence-electron chi connectivity index (χ3n) is 4.89. The van der Waals surface area contributed by atoms with E-state index in [1.807, 2.05) is 0 Å². The van der Waals surface area contributed by atoms with Crippen molar-refractivity contribution in [2.24, 2.45) is 5.92 Å². The fourth-order valence-electron chi connectivity index (χ4n) is 3.02. The van der Waals surface area contributed by atoms with Gasteiger partial charge < -0.3 is 14.0 Å². The van der Waals surface area contributed by atoms with E-state index in [1.165, 1.54) is 42.4 Å². The summed E-state index contributed by atoms with van der Waals surface area (Å²) in [5.74, 6) is 0.0739. The summed E-state index contributed by atoms with van der Waals surface area (Å²) in [4.78, 5) is 39.8. The zero-order valence-electron chi connectivity index (χ0n) is 19.0. The number of nitrogens with one attached hydrogen (secondary N) is 2. The number of rotatable bonds is 9. The molecule has 0 saturated carbocycles. The van der Waals surface area contributed by atoms with Crippen LogP contribution < -0.4 is 20.3 Å². The van der Waals surface area contributed by atoms with Gasteiger partial charge in [0.25, 0.3) is 17.5 Å². The Morgan fingerprint density at radius 2 is 1.76 bits per heavy atom. The minimum Gasteiger partial charge on any atom is -0.493 e. The third kappa shape index (κ3) is 5.88. The molecule has 1 heterocycles. The molecule has 0 radical (unpaired) electrons. The van der Waals surface area contributed by atoms with Crippen molar-refractivity contribution in [3.8, 4) is 17.2 Å². The van der Waals surface area contributed by atoms with E-state index in [1.54, 1.807) is 18.3 Å². The van der Waals surface area contributed by atoms with Crippen LogP contribution in [-0.4, -0.2) is 40.0 Å². The van der Waals surface area contributed by atoms with Crippen LogP contribution in [0.4, 0.5) is 5.69 Å². The van der Waals surface area contributed by atoms with Crippen molar-refractivity contribution < 1.29 is 24.0 Å². The topological polar surface area (TPSA) is 138 Å². The van der Waals surface area contributed by atoms with E-state index < -0.39 is 16.7 Å². The number of nitrogens with zero attached hydrogens (tertiary/aromatic N) is 3. The summed E-state index contributed by atoms with van der Waals surface area (Å²) in [5, 5.41) is 11.5. The van der Waals surface area contributed by atoms with Crippen LogP contribution in [0.25, 0.3) is 5.69 Å². The molecule has 0 spiro atoms. The van der Waals surface area contributed by atoms with E-state index in [2.05, 4.69) is 29.7 Å². The first-order valence-corrected chi connectivity index (χ1v) is 10.5. The fourth-order valence-corrected chi connectivity index (χ4v) is 3.02. The van der Waals surface area contributed by atoms with Gasteiger partial charge in [-0.1, -0.05) is 13.8 Å². The van der Waals surface area contributed by atoms with Gasteiger partial charge in [-0.25, -0.2) is 4.98 Å². The van der Waals surface area contributed by atoms with E-state index in [4.69, 9.17) is 9.47 Å². The Labute approximate surface area is 195 Å². The molecule has 2 aromatic carbocycles. The number of nitro groups is 1. The Morgan fingerprint density at radius 1 is 1.09 bits per heavy atom. The number of carbonyl (C=O) groups is 2. The Morgan fingerprint density at radius 3 is 2.35 bits per heavy atom. The molecule has 0 fully saturated rings. The average molecular weight is 467 g/mol. The maximum absolute atomic E-state index is 12.5. The second-order valence-electron chi connectivity index (χ2n) is 7.74. The largest absolute Gasteiger partial charge is 0.493 e. The maximum Gasteiger partial charge on any atom is 0.294 e. The first-order chi connectivity index (χ1) is 16.3. The highest BCUT2D eigenvalue weighted by atomic mass is 16.6. The molecule has 0 bridgehead atoms. The second kappa shape index (κ2) is 10.9. The lowest BCUT2D eigenvalue weighted by Gasteiger charge is -2.13. The Hall–Kier alpha value is -4.41. The Kier molecular flexibility index (Phi) is 7.80. The van der Waals surface area contributed by atoms with Crippen molar-refractivity contribution >= 4 is 17.5 Å². The standard InChI is InChI=1S/C23H25N5O6/c1-15(2)8-11-34-20-7-5-17(13-21(20)33-3)23(30)26-25-22(29)16-4-6-18(19(12-16)28(31)32)27-10-9-24-14-27/h4-7,9-10,12-15H,8,11H2,1-3H3,(H,25,29)(H,26,30). The van der Waals surface area contributed by atoms with Crippen molar-refractivity contribution in [3.05, 3.63) is 76.4 Å². The van der Waals surface area contributed by atoms with Gasteiger partial charge in [-0.3, -0.25) is 30.6 Å². The number of hydrazine groups is 1. The molecule has 3 rings (SSSR count). The van der Waals surface area contributed by atoms with Gasteiger partial charge in [-0.15, -0.1) is 0 Å². The van der Waals surface area contributed by atoms with Crippen LogP contribution in [0, 0.1) is 16.0 Å².